The van der Waals surface area contributed by atoms with Crippen molar-refractivity contribution in [1.29, 1.82) is 0 Å². The first kappa shape index (κ1) is 13.6. The first-order chi connectivity index (χ1) is 9.08. The van der Waals surface area contributed by atoms with Crippen LogP contribution in [0.5, 0.6) is 0 Å². The summed E-state index contributed by atoms with van der Waals surface area (Å²) in [6, 6.07) is 17.0. The second kappa shape index (κ2) is 5.89. The number of para-hydroxylation sites is 1. The van der Waals surface area contributed by atoms with Gasteiger partial charge < -0.3 is 10.6 Å². The van der Waals surface area contributed by atoms with Crippen molar-refractivity contribution in [3.05, 3.63) is 65.2 Å². The number of nitrogens with zero attached hydrogens (tertiary/aromatic N) is 1. The van der Waals surface area contributed by atoms with Crippen LogP contribution in [0, 0.1) is 6.92 Å². The molecule has 1 unspecified atom stereocenters. The Labute approximate surface area is 115 Å². The minimum absolute atomic E-state index is 0.0520. The predicted molar refractivity (Wildman–Crippen MR) is 82.3 cm³/mol. The van der Waals surface area contributed by atoms with E-state index in [1.165, 1.54) is 22.4 Å². The van der Waals surface area contributed by atoms with Crippen molar-refractivity contribution in [1.82, 2.24) is 0 Å². The Kier molecular flexibility index (Phi) is 4.23. The maximum Gasteiger partial charge on any atom is 0.0426 e. The maximum atomic E-state index is 6.04. The van der Waals surface area contributed by atoms with Gasteiger partial charge in [0.1, 0.15) is 0 Å². The van der Waals surface area contributed by atoms with Crippen LogP contribution >= 0.6 is 0 Å². The van der Waals surface area contributed by atoms with Gasteiger partial charge >= 0.3 is 0 Å². The second-order valence-electron chi connectivity index (χ2n) is 5.19. The lowest BCUT2D eigenvalue weighted by molar-refractivity contribution is 0.801. The molecule has 0 aliphatic heterocycles. The molecule has 0 aliphatic carbocycles. The molecule has 100 valence electrons. The highest BCUT2D eigenvalue weighted by Crippen LogP contribution is 2.25. The molecule has 2 nitrogen and oxygen atoms in total. The van der Waals surface area contributed by atoms with E-state index in [0.29, 0.717) is 0 Å². The third-order valence-electron chi connectivity index (χ3n) is 3.34. The fraction of sp³-hybridized carbons (Fsp3) is 0.294. The molecule has 0 amide bonds. The van der Waals surface area contributed by atoms with Crippen LogP contribution in [0.2, 0.25) is 0 Å². The van der Waals surface area contributed by atoms with Crippen molar-refractivity contribution in [2.75, 3.05) is 11.9 Å². The van der Waals surface area contributed by atoms with Crippen LogP contribution in [0.4, 0.5) is 5.69 Å². The Morgan fingerprint density at radius 3 is 2.53 bits per heavy atom. The molecule has 19 heavy (non-hydrogen) atoms. The van der Waals surface area contributed by atoms with Crippen molar-refractivity contribution >= 4 is 5.69 Å². The van der Waals surface area contributed by atoms with E-state index < -0.39 is 0 Å². The largest absolute Gasteiger partial charge is 0.370 e. The Morgan fingerprint density at radius 1 is 1.11 bits per heavy atom. The van der Waals surface area contributed by atoms with Gasteiger partial charge in [-0.3, -0.25) is 0 Å². The van der Waals surface area contributed by atoms with Crippen molar-refractivity contribution < 1.29 is 0 Å². The molecule has 0 spiro atoms. The zero-order valence-corrected chi connectivity index (χ0v) is 11.9. The van der Waals surface area contributed by atoms with E-state index in [4.69, 9.17) is 5.73 Å². The lowest BCUT2D eigenvalue weighted by Gasteiger charge is -2.24. The first-order valence-corrected chi connectivity index (χ1v) is 6.69. The van der Waals surface area contributed by atoms with Gasteiger partial charge in [0.25, 0.3) is 0 Å². The van der Waals surface area contributed by atoms with Gasteiger partial charge in [0.15, 0.2) is 0 Å². The second-order valence-corrected chi connectivity index (χ2v) is 5.19. The van der Waals surface area contributed by atoms with Crippen LogP contribution in [0.15, 0.2) is 48.5 Å². The number of aryl methyl sites for hydroxylation is 1. The summed E-state index contributed by atoms with van der Waals surface area (Å²) in [6.45, 7) is 5.05. The fourth-order valence-corrected chi connectivity index (χ4v) is 2.39. The number of hydrogen-bond donors (Lipinski definition) is 1. The van der Waals surface area contributed by atoms with E-state index in [1.807, 2.05) is 13.0 Å². The highest BCUT2D eigenvalue weighted by Gasteiger charge is 2.10. The lowest BCUT2D eigenvalue weighted by Crippen LogP contribution is -2.20. The molecule has 2 aromatic rings. The van der Waals surface area contributed by atoms with Crippen molar-refractivity contribution in [2.24, 2.45) is 5.73 Å². The molecule has 0 radical (unpaired) electrons. The number of hydrogen-bond acceptors (Lipinski definition) is 2. The van der Waals surface area contributed by atoms with Gasteiger partial charge in [-0.15, -0.1) is 0 Å². The van der Waals surface area contributed by atoms with Gasteiger partial charge in [0.2, 0.25) is 0 Å². The van der Waals surface area contributed by atoms with Gasteiger partial charge in [-0.25, -0.2) is 0 Å². The lowest BCUT2D eigenvalue weighted by atomic mass is 10.1. The van der Waals surface area contributed by atoms with Crippen molar-refractivity contribution in [2.45, 2.75) is 26.4 Å². The summed E-state index contributed by atoms with van der Waals surface area (Å²) in [7, 11) is 2.11. The molecule has 0 saturated carbocycles. The van der Waals surface area contributed by atoms with Crippen LogP contribution in [-0.4, -0.2) is 7.05 Å². The quantitative estimate of drug-likeness (QED) is 0.902. The van der Waals surface area contributed by atoms with Crippen LogP contribution in [-0.2, 0) is 6.54 Å². The third-order valence-corrected chi connectivity index (χ3v) is 3.34. The summed E-state index contributed by atoms with van der Waals surface area (Å²) in [4.78, 5) is 2.26. The molecule has 0 fully saturated rings. The van der Waals surface area contributed by atoms with Crippen molar-refractivity contribution in [3.8, 4) is 0 Å². The SMILES string of the molecule is Cc1cccc(CN(C)c2ccccc2C(C)N)c1. The molecule has 1 atom stereocenters. The zero-order valence-electron chi connectivity index (χ0n) is 11.9. The summed E-state index contributed by atoms with van der Waals surface area (Å²) >= 11 is 0. The van der Waals surface area contributed by atoms with E-state index in [2.05, 4.69) is 61.3 Å². The molecule has 0 saturated heterocycles. The standard InChI is InChI=1S/C17H22N2/c1-13-7-6-8-15(11-13)12-19(3)17-10-5-4-9-16(17)14(2)18/h4-11,14H,12,18H2,1-3H3. The third kappa shape index (κ3) is 3.36. The molecule has 2 N–H and O–H groups in total. The monoisotopic (exact) mass is 254 g/mol. The van der Waals surface area contributed by atoms with Crippen LogP contribution in [0.1, 0.15) is 29.7 Å². The average molecular weight is 254 g/mol. The topological polar surface area (TPSA) is 29.3 Å². The Hall–Kier alpha value is -1.80. The molecule has 2 heteroatoms. The summed E-state index contributed by atoms with van der Waals surface area (Å²) in [5, 5.41) is 0. The molecular formula is C17H22N2. The smallest absolute Gasteiger partial charge is 0.0426 e. The van der Waals surface area contributed by atoms with Crippen molar-refractivity contribution in [3.63, 3.8) is 0 Å². The average Bonchev–Trinajstić information content (AvgIpc) is 2.38. The number of benzene rings is 2. The summed E-state index contributed by atoms with van der Waals surface area (Å²) in [5.41, 5.74) is 11.1. The summed E-state index contributed by atoms with van der Waals surface area (Å²) in [6.07, 6.45) is 0. The first-order valence-electron chi connectivity index (χ1n) is 6.69. The van der Waals surface area contributed by atoms with Gasteiger partial charge in [0.05, 0.1) is 0 Å². The van der Waals surface area contributed by atoms with Gasteiger partial charge in [-0.2, -0.15) is 0 Å². The van der Waals surface area contributed by atoms with E-state index in [-0.39, 0.29) is 6.04 Å². The molecular weight excluding hydrogens is 232 g/mol. The molecule has 0 heterocycles. The molecule has 2 rings (SSSR count). The van der Waals surface area contributed by atoms with E-state index in [1.54, 1.807) is 0 Å². The highest BCUT2D eigenvalue weighted by molar-refractivity contribution is 5.54. The van der Waals surface area contributed by atoms with Gasteiger partial charge in [-0.05, 0) is 31.0 Å². The molecule has 0 aromatic heterocycles. The van der Waals surface area contributed by atoms with Crippen LogP contribution in [0.25, 0.3) is 0 Å². The molecule has 2 aromatic carbocycles. The Bertz CT molecular complexity index is 546. The van der Waals surface area contributed by atoms with E-state index >= 15 is 0 Å². The predicted octanol–water partition coefficient (Wildman–Crippen LogP) is 3.65. The van der Waals surface area contributed by atoms with Gasteiger partial charge in [-0.1, -0.05) is 48.0 Å². The van der Waals surface area contributed by atoms with Crippen LogP contribution < -0.4 is 10.6 Å². The van der Waals surface area contributed by atoms with E-state index in [0.717, 1.165) is 6.54 Å². The summed E-state index contributed by atoms with van der Waals surface area (Å²) in [5.74, 6) is 0. The highest BCUT2D eigenvalue weighted by atomic mass is 15.1. The van der Waals surface area contributed by atoms with E-state index in [9.17, 15) is 0 Å². The number of rotatable bonds is 4. The summed E-state index contributed by atoms with van der Waals surface area (Å²) < 4.78 is 0. The fourth-order valence-electron chi connectivity index (χ4n) is 2.39. The number of anilines is 1. The minimum Gasteiger partial charge on any atom is -0.370 e. The van der Waals surface area contributed by atoms with Crippen LogP contribution in [0.3, 0.4) is 0 Å². The number of nitrogens with two attached hydrogens (primary N) is 1. The zero-order chi connectivity index (χ0) is 13.8. The minimum atomic E-state index is 0.0520. The Morgan fingerprint density at radius 2 is 1.84 bits per heavy atom. The molecule has 0 bridgehead atoms. The molecule has 0 aliphatic rings. The normalized spacial score (nSPS) is 12.2. The Balaban J connectivity index is 2.23. The maximum absolute atomic E-state index is 6.04. The van der Waals surface area contributed by atoms with Gasteiger partial charge in [0, 0.05) is 25.3 Å².